The van der Waals surface area contributed by atoms with Gasteiger partial charge in [0.15, 0.2) is 0 Å². The van der Waals surface area contributed by atoms with Crippen LogP contribution in [0.3, 0.4) is 0 Å². The van der Waals surface area contributed by atoms with Crippen LogP contribution in [-0.4, -0.2) is 25.5 Å². The Kier molecular flexibility index (Phi) is 4.59. The fourth-order valence-electron chi connectivity index (χ4n) is 2.28. The predicted molar refractivity (Wildman–Crippen MR) is 75.5 cm³/mol. The molecule has 2 N–H and O–H groups in total. The number of carbonyl (C=O) groups is 1. The summed E-state index contributed by atoms with van der Waals surface area (Å²) in [6, 6.07) is 3.68. The topological polar surface area (TPSA) is 83.5 Å². The van der Waals surface area contributed by atoms with E-state index >= 15 is 0 Å². The van der Waals surface area contributed by atoms with E-state index in [1.807, 2.05) is 0 Å². The fraction of sp³-hybridized carbons (Fsp3) is 0.417. The second-order valence-corrected chi connectivity index (χ2v) is 7.36. The van der Waals surface area contributed by atoms with Crippen molar-refractivity contribution in [3.05, 3.63) is 28.2 Å². The summed E-state index contributed by atoms with van der Waals surface area (Å²) in [6.45, 7) is 0. The van der Waals surface area contributed by atoms with Crippen molar-refractivity contribution in [2.75, 3.05) is 0 Å². The predicted octanol–water partition coefficient (Wildman–Crippen LogP) is 2.53. The Morgan fingerprint density at radius 2 is 1.80 bits per heavy atom. The van der Waals surface area contributed by atoms with Crippen LogP contribution in [0.4, 0.5) is 0 Å². The van der Waals surface area contributed by atoms with Crippen LogP contribution in [0.5, 0.6) is 0 Å². The highest BCUT2D eigenvalue weighted by molar-refractivity contribution is 7.89. The summed E-state index contributed by atoms with van der Waals surface area (Å²) in [5.74, 6) is -1.39. The summed E-state index contributed by atoms with van der Waals surface area (Å²) >= 11 is 11.6. The van der Waals surface area contributed by atoms with Gasteiger partial charge in [-0.25, -0.2) is 13.1 Å². The van der Waals surface area contributed by atoms with Crippen LogP contribution in [0.15, 0.2) is 23.1 Å². The van der Waals surface area contributed by atoms with Gasteiger partial charge in [-0.3, -0.25) is 4.79 Å². The Balaban J connectivity index is 2.14. The number of sulfonamides is 1. The van der Waals surface area contributed by atoms with Gasteiger partial charge >= 0.3 is 5.97 Å². The van der Waals surface area contributed by atoms with Crippen LogP contribution < -0.4 is 4.72 Å². The highest BCUT2D eigenvalue weighted by Gasteiger charge is 2.32. The minimum Gasteiger partial charge on any atom is -0.481 e. The number of rotatable bonds is 4. The molecule has 110 valence electrons. The molecule has 1 aromatic carbocycles. The van der Waals surface area contributed by atoms with Gasteiger partial charge in [0.2, 0.25) is 10.0 Å². The molecule has 0 amide bonds. The first-order valence-corrected chi connectivity index (χ1v) is 8.23. The number of benzene rings is 1. The Bertz CT molecular complexity index is 612. The second kappa shape index (κ2) is 5.89. The first kappa shape index (κ1) is 15.6. The lowest BCUT2D eigenvalue weighted by atomic mass is 10.1. The number of carboxylic acids is 1. The van der Waals surface area contributed by atoms with Crippen molar-refractivity contribution in [2.45, 2.75) is 30.2 Å². The number of nitrogens with one attached hydrogen (secondary N) is 1. The van der Waals surface area contributed by atoms with Crippen LogP contribution in [0.25, 0.3) is 0 Å². The van der Waals surface area contributed by atoms with Gasteiger partial charge in [0.25, 0.3) is 0 Å². The van der Waals surface area contributed by atoms with E-state index in [-0.39, 0.29) is 21.0 Å². The molecule has 1 aliphatic carbocycles. The van der Waals surface area contributed by atoms with E-state index in [0.717, 1.165) is 0 Å². The van der Waals surface area contributed by atoms with Gasteiger partial charge in [0, 0.05) is 16.1 Å². The molecule has 8 heteroatoms. The van der Waals surface area contributed by atoms with Gasteiger partial charge in [0.05, 0.1) is 10.8 Å². The summed E-state index contributed by atoms with van der Waals surface area (Å²) in [4.78, 5) is 10.8. The molecule has 0 aromatic heterocycles. The van der Waals surface area contributed by atoms with Crippen LogP contribution in [0, 0.1) is 5.92 Å². The van der Waals surface area contributed by atoms with Crippen LogP contribution in [0.1, 0.15) is 19.3 Å². The number of halogens is 2. The third-order valence-electron chi connectivity index (χ3n) is 3.25. The van der Waals surface area contributed by atoms with Crippen molar-refractivity contribution in [1.29, 1.82) is 0 Å². The Labute approximate surface area is 126 Å². The third-order valence-corrected chi connectivity index (χ3v) is 5.19. The van der Waals surface area contributed by atoms with Gasteiger partial charge < -0.3 is 5.11 Å². The molecule has 1 aromatic rings. The first-order valence-electron chi connectivity index (χ1n) is 5.99. The minimum atomic E-state index is -3.75. The molecule has 0 radical (unpaired) electrons. The monoisotopic (exact) mass is 337 g/mol. The van der Waals surface area contributed by atoms with Crippen LogP contribution in [0.2, 0.25) is 10.0 Å². The van der Waals surface area contributed by atoms with Crippen molar-refractivity contribution in [1.82, 2.24) is 4.72 Å². The number of carboxylic acid groups (broad SMARTS) is 1. The van der Waals surface area contributed by atoms with E-state index in [2.05, 4.69) is 4.72 Å². The number of hydrogen-bond donors (Lipinski definition) is 2. The van der Waals surface area contributed by atoms with Gasteiger partial charge in [-0.05, 0) is 37.5 Å². The SMILES string of the molecule is O=C(O)[C@@H]1CC[C@H](NS(=O)(=O)c2cc(Cl)cc(Cl)c2)C1. The van der Waals surface area contributed by atoms with Crippen molar-refractivity contribution in [3.63, 3.8) is 0 Å². The molecule has 0 spiro atoms. The molecule has 5 nitrogen and oxygen atoms in total. The smallest absolute Gasteiger partial charge is 0.306 e. The van der Waals surface area contributed by atoms with Gasteiger partial charge in [-0.15, -0.1) is 0 Å². The van der Waals surface area contributed by atoms with E-state index < -0.39 is 21.9 Å². The lowest BCUT2D eigenvalue weighted by Crippen LogP contribution is -2.33. The Morgan fingerprint density at radius 1 is 1.20 bits per heavy atom. The normalized spacial score (nSPS) is 22.9. The maximum absolute atomic E-state index is 12.2. The minimum absolute atomic E-state index is 0.0197. The molecule has 2 rings (SSSR count). The van der Waals surface area contributed by atoms with Gasteiger partial charge in [-0.1, -0.05) is 23.2 Å². The lowest BCUT2D eigenvalue weighted by molar-refractivity contribution is -0.141. The molecule has 1 saturated carbocycles. The highest BCUT2D eigenvalue weighted by Crippen LogP contribution is 2.28. The van der Waals surface area contributed by atoms with E-state index in [1.165, 1.54) is 18.2 Å². The lowest BCUT2D eigenvalue weighted by Gasteiger charge is -2.13. The zero-order valence-corrected chi connectivity index (χ0v) is 12.7. The van der Waals surface area contributed by atoms with E-state index in [4.69, 9.17) is 28.3 Å². The van der Waals surface area contributed by atoms with Crippen LogP contribution in [-0.2, 0) is 14.8 Å². The first-order chi connectivity index (χ1) is 9.28. The van der Waals surface area contributed by atoms with Crippen molar-refractivity contribution in [2.24, 2.45) is 5.92 Å². The Morgan fingerprint density at radius 3 is 2.30 bits per heavy atom. The molecule has 0 aliphatic heterocycles. The molecule has 0 saturated heterocycles. The average molecular weight is 338 g/mol. The number of aliphatic carboxylic acids is 1. The Hall–Kier alpha value is -0.820. The summed E-state index contributed by atoms with van der Waals surface area (Å²) < 4.78 is 26.9. The summed E-state index contributed by atoms with van der Waals surface area (Å²) in [5.41, 5.74) is 0. The van der Waals surface area contributed by atoms with Crippen molar-refractivity contribution in [3.8, 4) is 0 Å². The summed E-state index contributed by atoms with van der Waals surface area (Å²) in [5, 5.41) is 9.37. The maximum Gasteiger partial charge on any atom is 0.306 e. The molecule has 1 aliphatic rings. The molecule has 1 fully saturated rings. The second-order valence-electron chi connectivity index (χ2n) is 4.77. The van der Waals surface area contributed by atoms with E-state index in [9.17, 15) is 13.2 Å². The third kappa shape index (κ3) is 3.63. The molecule has 0 bridgehead atoms. The molecule has 20 heavy (non-hydrogen) atoms. The van der Waals surface area contributed by atoms with Gasteiger partial charge in [-0.2, -0.15) is 0 Å². The molecular weight excluding hydrogens is 325 g/mol. The largest absolute Gasteiger partial charge is 0.481 e. The van der Waals surface area contributed by atoms with E-state index in [0.29, 0.717) is 19.3 Å². The highest BCUT2D eigenvalue weighted by atomic mass is 35.5. The standard InChI is InChI=1S/C12H13Cl2NO4S/c13-8-4-9(14)6-11(5-8)20(18,19)15-10-2-1-7(3-10)12(16)17/h4-7,10,15H,1-3H2,(H,16,17)/t7-,10+/m1/s1. The van der Waals surface area contributed by atoms with Crippen molar-refractivity contribution < 1.29 is 18.3 Å². The zero-order valence-electron chi connectivity index (χ0n) is 10.3. The summed E-state index contributed by atoms with van der Waals surface area (Å²) in [7, 11) is -3.75. The average Bonchev–Trinajstić information content (AvgIpc) is 2.75. The van der Waals surface area contributed by atoms with Gasteiger partial charge in [0.1, 0.15) is 0 Å². The van der Waals surface area contributed by atoms with E-state index in [1.54, 1.807) is 0 Å². The summed E-state index contributed by atoms with van der Waals surface area (Å²) in [6.07, 6.45) is 1.27. The molecule has 2 atom stereocenters. The van der Waals surface area contributed by atoms with Crippen LogP contribution >= 0.6 is 23.2 Å². The zero-order chi connectivity index (χ0) is 14.9. The number of hydrogen-bond acceptors (Lipinski definition) is 3. The molecule has 0 heterocycles. The maximum atomic E-state index is 12.2. The van der Waals surface area contributed by atoms with Crippen molar-refractivity contribution >= 4 is 39.2 Å². The fourth-order valence-corrected chi connectivity index (χ4v) is 4.29. The quantitative estimate of drug-likeness (QED) is 0.884. The molecule has 0 unspecified atom stereocenters. The molecular formula is C12H13Cl2NO4S.